The molecular weight excluding hydrogens is 340 g/mol. The molecule has 0 fully saturated rings. The van der Waals surface area contributed by atoms with Crippen LogP contribution in [0.5, 0.6) is 0 Å². The maximum atomic E-state index is 12.2. The predicted octanol–water partition coefficient (Wildman–Crippen LogP) is 5.83. The van der Waals surface area contributed by atoms with E-state index in [1.807, 2.05) is 18.2 Å². The molecule has 3 rings (SSSR count). The minimum atomic E-state index is 0.0960. The van der Waals surface area contributed by atoms with Crippen LogP contribution in [-0.2, 0) is 6.42 Å². The fourth-order valence-corrected chi connectivity index (χ4v) is 3.37. The van der Waals surface area contributed by atoms with Gasteiger partial charge >= 0.3 is 0 Å². The van der Waals surface area contributed by atoms with Crippen LogP contribution in [0.3, 0.4) is 0 Å². The molecule has 0 aliphatic heterocycles. The topological polar surface area (TPSA) is 34.3 Å². The molecule has 0 spiro atoms. The zero-order chi connectivity index (χ0) is 16.9. The Labute approximate surface area is 149 Å². The number of hydrogen-bond donors (Lipinski definition) is 0. The second-order valence-corrected chi connectivity index (χ2v) is 6.98. The van der Waals surface area contributed by atoms with Crippen LogP contribution in [0.15, 0.2) is 54.9 Å². The fourth-order valence-electron chi connectivity index (χ4n) is 2.36. The van der Waals surface area contributed by atoms with Crippen LogP contribution in [-0.4, -0.2) is 10.8 Å². The standard InChI is InChI=1S/C19H13ClN2OS/c1-21-16-5-3-14(4-6-16)15-10-13(11-22-12-15)2-7-17(23)18-8-9-19(20)24-18/h3-6,8-12H,2,7H2. The number of carbonyl (C=O) groups is 1. The largest absolute Gasteiger partial charge is 0.293 e. The van der Waals surface area contributed by atoms with E-state index in [-0.39, 0.29) is 5.78 Å². The quantitative estimate of drug-likeness (QED) is 0.427. The number of ketones is 1. The van der Waals surface area contributed by atoms with Gasteiger partial charge in [0.1, 0.15) is 0 Å². The number of halogens is 1. The van der Waals surface area contributed by atoms with Gasteiger partial charge in [0.2, 0.25) is 0 Å². The third kappa shape index (κ3) is 3.88. The molecule has 2 aromatic heterocycles. The SMILES string of the molecule is [C-]#[N+]c1ccc(-c2cncc(CCC(=O)c3ccc(Cl)s3)c2)cc1. The van der Waals surface area contributed by atoms with E-state index < -0.39 is 0 Å². The van der Waals surface area contributed by atoms with Crippen molar-refractivity contribution in [3.63, 3.8) is 0 Å². The minimum Gasteiger partial charge on any atom is -0.293 e. The number of hydrogen-bond acceptors (Lipinski definition) is 3. The second kappa shape index (κ2) is 7.39. The van der Waals surface area contributed by atoms with Crippen molar-refractivity contribution in [3.05, 3.63) is 81.1 Å². The monoisotopic (exact) mass is 352 g/mol. The van der Waals surface area contributed by atoms with E-state index in [0.717, 1.165) is 16.7 Å². The molecule has 2 heterocycles. The lowest BCUT2D eigenvalue weighted by Gasteiger charge is -2.05. The Hall–Kier alpha value is -2.48. The van der Waals surface area contributed by atoms with Gasteiger partial charge in [-0.15, -0.1) is 11.3 Å². The normalized spacial score (nSPS) is 10.3. The summed E-state index contributed by atoms with van der Waals surface area (Å²) in [5.74, 6) is 0.0960. The highest BCUT2D eigenvalue weighted by atomic mass is 35.5. The summed E-state index contributed by atoms with van der Waals surface area (Å²) in [5.41, 5.74) is 3.62. The lowest BCUT2D eigenvalue weighted by molar-refractivity contribution is 0.0986. The van der Waals surface area contributed by atoms with Crippen LogP contribution in [0.1, 0.15) is 21.7 Å². The number of rotatable bonds is 5. The zero-order valence-corrected chi connectivity index (χ0v) is 14.3. The van der Waals surface area contributed by atoms with Crippen molar-refractivity contribution in [1.82, 2.24) is 4.98 Å². The number of aromatic nitrogens is 1. The van der Waals surface area contributed by atoms with Crippen molar-refractivity contribution in [1.29, 1.82) is 0 Å². The molecule has 0 atom stereocenters. The predicted molar refractivity (Wildman–Crippen MR) is 97.9 cm³/mol. The third-order valence-electron chi connectivity index (χ3n) is 3.61. The van der Waals surface area contributed by atoms with E-state index in [1.165, 1.54) is 11.3 Å². The summed E-state index contributed by atoms with van der Waals surface area (Å²) in [7, 11) is 0. The molecule has 0 aliphatic rings. The van der Waals surface area contributed by atoms with E-state index in [1.54, 1.807) is 36.7 Å². The summed E-state index contributed by atoms with van der Waals surface area (Å²) in [6.07, 6.45) is 4.64. The Balaban J connectivity index is 1.71. The lowest BCUT2D eigenvalue weighted by atomic mass is 10.0. The molecule has 0 radical (unpaired) electrons. The van der Waals surface area contributed by atoms with Gasteiger partial charge in [0.05, 0.1) is 15.8 Å². The third-order valence-corrected chi connectivity index (χ3v) is 4.89. The molecule has 0 saturated carbocycles. The Bertz CT molecular complexity index is 910. The highest BCUT2D eigenvalue weighted by Crippen LogP contribution is 2.25. The van der Waals surface area contributed by atoms with E-state index in [4.69, 9.17) is 18.2 Å². The van der Waals surface area contributed by atoms with Crippen molar-refractivity contribution in [3.8, 4) is 11.1 Å². The molecule has 3 nitrogen and oxygen atoms in total. The summed E-state index contributed by atoms with van der Waals surface area (Å²) in [4.78, 5) is 20.5. The summed E-state index contributed by atoms with van der Waals surface area (Å²) in [6, 6.07) is 12.9. The van der Waals surface area contributed by atoms with Crippen LogP contribution in [0.4, 0.5) is 5.69 Å². The second-order valence-electron chi connectivity index (χ2n) is 5.27. The van der Waals surface area contributed by atoms with Crippen molar-refractivity contribution < 1.29 is 4.79 Å². The van der Waals surface area contributed by atoms with Crippen molar-refractivity contribution in [2.45, 2.75) is 12.8 Å². The number of carbonyl (C=O) groups excluding carboxylic acids is 1. The average Bonchev–Trinajstić information content (AvgIpc) is 3.06. The van der Waals surface area contributed by atoms with Crippen molar-refractivity contribution in [2.24, 2.45) is 0 Å². The Kier molecular flexibility index (Phi) is 5.05. The Morgan fingerprint density at radius 1 is 1.12 bits per heavy atom. The molecule has 3 aromatic rings. The summed E-state index contributed by atoms with van der Waals surface area (Å²) in [5, 5.41) is 0. The highest BCUT2D eigenvalue weighted by Gasteiger charge is 2.09. The molecule has 24 heavy (non-hydrogen) atoms. The van der Waals surface area contributed by atoms with Crippen LogP contribution in [0.2, 0.25) is 4.34 Å². The number of Topliss-reactive ketones (excluding diaryl/α,β-unsaturated/α-hetero) is 1. The maximum Gasteiger partial charge on any atom is 0.187 e. The first-order valence-corrected chi connectivity index (χ1v) is 8.55. The molecule has 1 aromatic carbocycles. The minimum absolute atomic E-state index is 0.0960. The summed E-state index contributed by atoms with van der Waals surface area (Å²) >= 11 is 7.18. The Morgan fingerprint density at radius 2 is 1.92 bits per heavy atom. The van der Waals surface area contributed by atoms with E-state index in [2.05, 4.69) is 9.83 Å². The van der Waals surface area contributed by atoms with Crippen LogP contribution in [0, 0.1) is 6.57 Å². The van der Waals surface area contributed by atoms with Gasteiger partial charge in [-0.3, -0.25) is 9.78 Å². The van der Waals surface area contributed by atoms with Crippen molar-refractivity contribution >= 4 is 34.4 Å². The average molecular weight is 353 g/mol. The van der Waals surface area contributed by atoms with Gasteiger partial charge in [0, 0.05) is 24.4 Å². The van der Waals surface area contributed by atoms with Gasteiger partial charge in [0.15, 0.2) is 11.5 Å². The smallest absolute Gasteiger partial charge is 0.187 e. The van der Waals surface area contributed by atoms with Gasteiger partial charge in [-0.1, -0.05) is 35.9 Å². The highest BCUT2D eigenvalue weighted by molar-refractivity contribution is 7.18. The zero-order valence-electron chi connectivity index (χ0n) is 12.7. The fraction of sp³-hybridized carbons (Fsp3) is 0.105. The van der Waals surface area contributed by atoms with E-state index in [0.29, 0.717) is 27.7 Å². The molecule has 0 unspecified atom stereocenters. The van der Waals surface area contributed by atoms with Crippen LogP contribution < -0.4 is 0 Å². The number of nitrogens with zero attached hydrogens (tertiary/aromatic N) is 2. The maximum absolute atomic E-state index is 12.2. The number of thiophene rings is 1. The first kappa shape index (κ1) is 16.4. The number of aryl methyl sites for hydroxylation is 1. The molecule has 5 heteroatoms. The molecule has 0 saturated heterocycles. The summed E-state index contributed by atoms with van der Waals surface area (Å²) in [6.45, 7) is 6.99. The molecular formula is C19H13ClN2OS. The molecule has 0 aliphatic carbocycles. The van der Waals surface area contributed by atoms with Gasteiger partial charge in [-0.2, -0.15) is 0 Å². The first-order chi connectivity index (χ1) is 11.7. The number of pyridine rings is 1. The van der Waals surface area contributed by atoms with Crippen LogP contribution in [0.25, 0.3) is 16.0 Å². The first-order valence-electron chi connectivity index (χ1n) is 7.36. The lowest BCUT2D eigenvalue weighted by Crippen LogP contribution is -1.99. The van der Waals surface area contributed by atoms with Crippen molar-refractivity contribution in [2.75, 3.05) is 0 Å². The van der Waals surface area contributed by atoms with Gasteiger partial charge in [-0.05, 0) is 35.7 Å². The van der Waals surface area contributed by atoms with Gasteiger partial charge in [-0.25, -0.2) is 4.85 Å². The summed E-state index contributed by atoms with van der Waals surface area (Å²) < 4.78 is 0.630. The molecule has 0 amide bonds. The van der Waals surface area contributed by atoms with Crippen LogP contribution >= 0.6 is 22.9 Å². The molecule has 118 valence electrons. The van der Waals surface area contributed by atoms with Gasteiger partial charge < -0.3 is 0 Å². The Morgan fingerprint density at radius 3 is 2.58 bits per heavy atom. The molecule has 0 bridgehead atoms. The van der Waals surface area contributed by atoms with E-state index in [9.17, 15) is 4.79 Å². The molecule has 0 N–H and O–H groups in total. The number of benzene rings is 1. The van der Waals surface area contributed by atoms with Gasteiger partial charge in [0.25, 0.3) is 0 Å². The van der Waals surface area contributed by atoms with E-state index >= 15 is 0 Å².